The van der Waals surface area contributed by atoms with Crippen molar-refractivity contribution in [2.45, 2.75) is 81.4 Å². The Kier molecular flexibility index (Phi) is 8.80. The second-order valence-electron chi connectivity index (χ2n) is 10.2. The summed E-state index contributed by atoms with van der Waals surface area (Å²) in [6, 6.07) is 13.6. The maximum absolute atomic E-state index is 13.0. The third-order valence-electron chi connectivity index (χ3n) is 7.45. The lowest BCUT2D eigenvalue weighted by atomic mass is 9.85. The van der Waals surface area contributed by atoms with Gasteiger partial charge in [0.1, 0.15) is 5.75 Å². The Labute approximate surface area is 216 Å². The fourth-order valence-electron chi connectivity index (χ4n) is 5.58. The van der Waals surface area contributed by atoms with Crippen LogP contribution in [-0.2, 0) is 10.0 Å². The first-order valence-electron chi connectivity index (χ1n) is 13.0. The zero-order valence-corrected chi connectivity index (χ0v) is 22.7. The summed E-state index contributed by atoms with van der Waals surface area (Å²) in [5.41, 5.74) is 1.33. The Hall–Kier alpha value is -2.29. The molecule has 1 saturated carbocycles. The summed E-state index contributed by atoms with van der Waals surface area (Å²) in [7, 11) is -0.585. The van der Waals surface area contributed by atoms with Crippen molar-refractivity contribution < 1.29 is 22.6 Å². The summed E-state index contributed by atoms with van der Waals surface area (Å²) in [5, 5.41) is 0. The van der Waals surface area contributed by atoms with Crippen LogP contribution in [0.25, 0.3) is 0 Å². The molecule has 0 aromatic heterocycles. The predicted molar refractivity (Wildman–Crippen MR) is 142 cm³/mol. The quantitative estimate of drug-likeness (QED) is 0.508. The fraction of sp³-hybridized carbons (Fsp3) is 0.571. The average molecular weight is 517 g/mol. The van der Waals surface area contributed by atoms with E-state index in [1.807, 2.05) is 6.07 Å². The molecule has 1 N–H and O–H groups in total. The number of benzene rings is 2. The molecule has 0 unspecified atom stereocenters. The van der Waals surface area contributed by atoms with Crippen LogP contribution in [-0.4, -0.2) is 58.8 Å². The largest absolute Gasteiger partial charge is 0.493 e. The molecular weight excluding hydrogens is 476 g/mol. The summed E-state index contributed by atoms with van der Waals surface area (Å²) in [5.74, 6) is 2.47. The summed E-state index contributed by atoms with van der Waals surface area (Å²) < 4.78 is 45.5. The molecule has 0 atom stereocenters. The zero-order valence-electron chi connectivity index (χ0n) is 21.9. The van der Waals surface area contributed by atoms with E-state index in [9.17, 15) is 8.42 Å². The van der Waals surface area contributed by atoms with Crippen LogP contribution in [0.15, 0.2) is 47.4 Å². The first-order chi connectivity index (χ1) is 17.3. The van der Waals surface area contributed by atoms with Crippen molar-refractivity contribution in [2.24, 2.45) is 0 Å². The van der Waals surface area contributed by atoms with Crippen molar-refractivity contribution >= 4 is 10.0 Å². The Morgan fingerprint density at radius 1 is 0.861 bits per heavy atom. The lowest BCUT2D eigenvalue weighted by molar-refractivity contribution is 0.115. The third kappa shape index (κ3) is 6.33. The molecule has 0 radical (unpaired) electrons. The topological polar surface area (TPSA) is 77.1 Å². The lowest BCUT2D eigenvalue weighted by Gasteiger charge is -2.41. The molecule has 2 fully saturated rings. The second-order valence-corrected chi connectivity index (χ2v) is 11.9. The first-order valence-corrected chi connectivity index (χ1v) is 14.5. The molecule has 0 spiro atoms. The highest BCUT2D eigenvalue weighted by atomic mass is 32.2. The SMILES string of the molecule is COc1ccc(S(=O)(=O)N[C@H]2CC[C@H](N3CCC(c4ccccc4OC(C)C)CC3)CC2)cc1OC. The van der Waals surface area contributed by atoms with Gasteiger partial charge in [0.15, 0.2) is 11.5 Å². The molecule has 4 rings (SSSR count). The number of piperidine rings is 1. The van der Waals surface area contributed by atoms with E-state index in [1.165, 1.54) is 25.8 Å². The Bertz CT molecular complexity index is 1100. The minimum absolute atomic E-state index is 0.0445. The van der Waals surface area contributed by atoms with Crippen LogP contribution in [0.5, 0.6) is 17.2 Å². The number of likely N-dealkylation sites (tertiary alicyclic amines) is 1. The fourth-order valence-corrected chi connectivity index (χ4v) is 6.90. The Morgan fingerprint density at radius 3 is 2.17 bits per heavy atom. The van der Waals surface area contributed by atoms with Crippen molar-refractivity contribution in [2.75, 3.05) is 27.3 Å². The molecule has 2 aromatic rings. The van der Waals surface area contributed by atoms with Gasteiger partial charge >= 0.3 is 0 Å². The predicted octanol–water partition coefficient (Wildman–Crippen LogP) is 4.96. The zero-order chi connectivity index (χ0) is 25.7. The van der Waals surface area contributed by atoms with E-state index in [0.29, 0.717) is 23.5 Å². The molecule has 1 heterocycles. The van der Waals surface area contributed by atoms with Gasteiger partial charge < -0.3 is 19.1 Å². The molecule has 1 aliphatic heterocycles. The van der Waals surface area contributed by atoms with Crippen LogP contribution in [0.1, 0.15) is 63.9 Å². The van der Waals surface area contributed by atoms with E-state index >= 15 is 0 Å². The molecule has 36 heavy (non-hydrogen) atoms. The van der Waals surface area contributed by atoms with Crippen molar-refractivity contribution in [3.8, 4) is 17.2 Å². The van der Waals surface area contributed by atoms with Crippen molar-refractivity contribution in [3.05, 3.63) is 48.0 Å². The van der Waals surface area contributed by atoms with Gasteiger partial charge in [-0.2, -0.15) is 0 Å². The number of sulfonamides is 1. The van der Waals surface area contributed by atoms with E-state index in [-0.39, 0.29) is 17.0 Å². The summed E-state index contributed by atoms with van der Waals surface area (Å²) >= 11 is 0. The number of ether oxygens (including phenoxy) is 3. The molecule has 2 aromatic carbocycles. The standard InChI is InChI=1S/C28H40N2O5S/c1-20(2)35-26-8-6-5-7-25(26)21-15-17-30(18-16-21)23-11-9-22(10-12-23)29-36(31,32)24-13-14-27(33-3)28(19-24)34-4/h5-8,13-14,19-23,29H,9-12,15-18H2,1-4H3/t22-,23-. The van der Waals surface area contributed by atoms with Crippen molar-refractivity contribution in [1.29, 1.82) is 0 Å². The van der Waals surface area contributed by atoms with Crippen LogP contribution in [0.4, 0.5) is 0 Å². The van der Waals surface area contributed by atoms with Crippen molar-refractivity contribution in [3.63, 3.8) is 0 Å². The molecule has 198 valence electrons. The van der Waals surface area contributed by atoms with Gasteiger partial charge in [0, 0.05) is 18.2 Å². The third-order valence-corrected chi connectivity index (χ3v) is 8.97. The Balaban J connectivity index is 1.29. The minimum atomic E-state index is -3.62. The van der Waals surface area contributed by atoms with E-state index in [1.54, 1.807) is 12.1 Å². The molecule has 1 aliphatic carbocycles. The molecule has 0 bridgehead atoms. The number of nitrogens with one attached hydrogen (secondary N) is 1. The monoisotopic (exact) mass is 516 g/mol. The maximum atomic E-state index is 13.0. The number of para-hydroxylation sites is 1. The van der Waals surface area contributed by atoms with Crippen LogP contribution >= 0.6 is 0 Å². The van der Waals surface area contributed by atoms with Gasteiger partial charge in [0.25, 0.3) is 0 Å². The summed E-state index contributed by atoms with van der Waals surface area (Å²) in [4.78, 5) is 2.81. The van der Waals surface area contributed by atoms with Crippen LogP contribution in [0.2, 0.25) is 0 Å². The normalized spacial score (nSPS) is 21.9. The van der Waals surface area contributed by atoms with Gasteiger partial charge in [0.05, 0.1) is 25.2 Å². The maximum Gasteiger partial charge on any atom is 0.240 e. The number of methoxy groups -OCH3 is 2. The van der Waals surface area contributed by atoms with Gasteiger partial charge in [-0.05, 0) is 95.1 Å². The lowest BCUT2D eigenvalue weighted by Crippen LogP contribution is -2.46. The average Bonchev–Trinajstić information content (AvgIpc) is 2.88. The van der Waals surface area contributed by atoms with Gasteiger partial charge in [0.2, 0.25) is 10.0 Å². The van der Waals surface area contributed by atoms with Crippen LogP contribution < -0.4 is 18.9 Å². The van der Waals surface area contributed by atoms with Crippen LogP contribution in [0.3, 0.4) is 0 Å². The number of nitrogens with zero attached hydrogens (tertiary/aromatic N) is 1. The van der Waals surface area contributed by atoms with Gasteiger partial charge in [-0.25, -0.2) is 13.1 Å². The smallest absolute Gasteiger partial charge is 0.240 e. The van der Waals surface area contributed by atoms with E-state index in [2.05, 4.69) is 41.7 Å². The van der Waals surface area contributed by atoms with E-state index in [0.717, 1.165) is 57.4 Å². The summed E-state index contributed by atoms with van der Waals surface area (Å²) in [6.45, 7) is 6.30. The second kappa shape index (κ2) is 11.8. The van der Waals surface area contributed by atoms with E-state index < -0.39 is 10.0 Å². The molecule has 7 nitrogen and oxygen atoms in total. The molecule has 0 amide bonds. The number of hydrogen-bond acceptors (Lipinski definition) is 6. The van der Waals surface area contributed by atoms with Gasteiger partial charge in [-0.3, -0.25) is 0 Å². The van der Waals surface area contributed by atoms with Crippen LogP contribution in [0, 0.1) is 0 Å². The van der Waals surface area contributed by atoms with Crippen molar-refractivity contribution in [1.82, 2.24) is 9.62 Å². The highest BCUT2D eigenvalue weighted by molar-refractivity contribution is 7.89. The summed E-state index contributed by atoms with van der Waals surface area (Å²) in [6.07, 6.45) is 6.15. The number of rotatable bonds is 9. The molecule has 1 saturated heterocycles. The molecule has 2 aliphatic rings. The first kappa shape index (κ1) is 26.8. The van der Waals surface area contributed by atoms with Gasteiger partial charge in [-0.1, -0.05) is 18.2 Å². The Morgan fingerprint density at radius 2 is 1.53 bits per heavy atom. The number of hydrogen-bond donors (Lipinski definition) is 1. The van der Waals surface area contributed by atoms with E-state index in [4.69, 9.17) is 14.2 Å². The molecular formula is C28H40N2O5S. The van der Waals surface area contributed by atoms with Gasteiger partial charge in [-0.15, -0.1) is 0 Å². The highest BCUT2D eigenvalue weighted by Gasteiger charge is 2.32. The molecule has 8 heteroatoms. The highest BCUT2D eigenvalue weighted by Crippen LogP contribution is 2.37. The minimum Gasteiger partial charge on any atom is -0.493 e.